The van der Waals surface area contributed by atoms with E-state index in [-0.39, 0.29) is 10.5 Å². The van der Waals surface area contributed by atoms with E-state index in [0.717, 1.165) is 10.4 Å². The van der Waals surface area contributed by atoms with Crippen LogP contribution in [0.2, 0.25) is 4.34 Å². The Morgan fingerprint density at radius 2 is 1.56 bits per heavy atom. The lowest BCUT2D eigenvalue weighted by atomic mass is 10.1. The topological polar surface area (TPSA) is 76.1 Å². The van der Waals surface area contributed by atoms with E-state index in [1.165, 1.54) is 17.4 Å². The zero-order valence-corrected chi connectivity index (χ0v) is 20.0. The van der Waals surface area contributed by atoms with Crippen LogP contribution in [0.15, 0.2) is 102 Å². The highest BCUT2D eigenvalue weighted by Gasteiger charge is 2.24. The smallest absolute Gasteiger partial charge is 0.265 e. The summed E-state index contributed by atoms with van der Waals surface area (Å²) in [6, 6.07) is 28.1. The molecule has 0 aliphatic carbocycles. The van der Waals surface area contributed by atoms with Crippen LogP contribution in [0.1, 0.15) is 10.4 Å². The highest BCUT2D eigenvalue weighted by Crippen LogP contribution is 2.33. The standard InChI is InChI=1S/C26H17ClN2O3S2/c27-25-15-14-23(33-25)22-16-20(19-11-4-6-12-21(19)28-22)26(30)29-34(31,32)24-13-7-5-10-18(24)17-8-2-1-3-9-17/h1-16H,(H,29,30). The molecule has 0 aliphatic rings. The van der Waals surface area contributed by atoms with Crippen molar-refractivity contribution in [3.05, 3.63) is 107 Å². The van der Waals surface area contributed by atoms with Crippen molar-refractivity contribution in [3.8, 4) is 21.7 Å². The normalized spacial score (nSPS) is 11.4. The number of hydrogen-bond acceptors (Lipinski definition) is 5. The van der Waals surface area contributed by atoms with Gasteiger partial charge in [-0.2, -0.15) is 0 Å². The number of hydrogen-bond donors (Lipinski definition) is 1. The summed E-state index contributed by atoms with van der Waals surface area (Å²) >= 11 is 7.42. The number of nitrogens with one attached hydrogen (secondary N) is 1. The number of sulfonamides is 1. The summed E-state index contributed by atoms with van der Waals surface area (Å²) < 4.78 is 29.5. The van der Waals surface area contributed by atoms with Crippen molar-refractivity contribution in [1.82, 2.24) is 9.71 Å². The number of thiophene rings is 1. The predicted octanol–water partition coefficient (Wildman–Crippen LogP) is 6.40. The average Bonchev–Trinajstić information content (AvgIpc) is 3.30. The molecule has 2 heterocycles. The van der Waals surface area contributed by atoms with Gasteiger partial charge in [-0.05, 0) is 35.9 Å². The van der Waals surface area contributed by atoms with Crippen LogP contribution >= 0.6 is 22.9 Å². The Labute approximate surface area is 205 Å². The van der Waals surface area contributed by atoms with Gasteiger partial charge in [0.1, 0.15) is 0 Å². The van der Waals surface area contributed by atoms with Gasteiger partial charge in [-0.25, -0.2) is 18.1 Å². The largest absolute Gasteiger partial charge is 0.268 e. The molecule has 168 valence electrons. The summed E-state index contributed by atoms with van der Waals surface area (Å²) in [6.07, 6.45) is 0. The number of pyridine rings is 1. The summed E-state index contributed by atoms with van der Waals surface area (Å²) in [5.41, 5.74) is 2.59. The van der Waals surface area contributed by atoms with Crippen molar-refractivity contribution in [2.24, 2.45) is 0 Å². The number of nitrogens with zero attached hydrogens (tertiary/aromatic N) is 1. The van der Waals surface area contributed by atoms with Crippen molar-refractivity contribution < 1.29 is 13.2 Å². The van der Waals surface area contributed by atoms with Crippen LogP contribution in [0.3, 0.4) is 0 Å². The molecule has 0 saturated heterocycles. The molecule has 0 spiro atoms. The Balaban J connectivity index is 1.57. The van der Waals surface area contributed by atoms with Crippen LogP contribution in [-0.2, 0) is 10.0 Å². The molecule has 0 bridgehead atoms. The van der Waals surface area contributed by atoms with Gasteiger partial charge in [-0.15, -0.1) is 11.3 Å². The Kier molecular flexibility index (Phi) is 5.91. The molecular weight excluding hydrogens is 488 g/mol. The molecule has 0 unspecified atom stereocenters. The molecule has 0 saturated carbocycles. The molecule has 0 atom stereocenters. The number of amides is 1. The van der Waals surface area contributed by atoms with E-state index in [2.05, 4.69) is 9.71 Å². The zero-order valence-electron chi connectivity index (χ0n) is 17.6. The predicted molar refractivity (Wildman–Crippen MR) is 137 cm³/mol. The van der Waals surface area contributed by atoms with Crippen LogP contribution < -0.4 is 4.72 Å². The van der Waals surface area contributed by atoms with Crippen molar-refractivity contribution in [2.45, 2.75) is 4.90 Å². The van der Waals surface area contributed by atoms with E-state index in [0.29, 0.717) is 26.5 Å². The number of fused-ring (bicyclic) bond motifs is 1. The molecule has 3 aromatic carbocycles. The summed E-state index contributed by atoms with van der Waals surface area (Å²) in [5.74, 6) is -0.731. The Morgan fingerprint density at radius 1 is 0.853 bits per heavy atom. The molecule has 34 heavy (non-hydrogen) atoms. The maximum Gasteiger partial charge on any atom is 0.265 e. The van der Waals surface area contributed by atoms with E-state index in [9.17, 15) is 13.2 Å². The summed E-state index contributed by atoms with van der Waals surface area (Å²) in [6.45, 7) is 0. The average molecular weight is 505 g/mol. The number of aromatic nitrogens is 1. The van der Waals surface area contributed by atoms with Crippen molar-refractivity contribution >= 4 is 49.8 Å². The van der Waals surface area contributed by atoms with Gasteiger partial charge >= 0.3 is 0 Å². The molecule has 0 radical (unpaired) electrons. The molecule has 8 heteroatoms. The first-order valence-corrected chi connectivity index (χ1v) is 13.0. The van der Waals surface area contributed by atoms with Crippen molar-refractivity contribution in [1.29, 1.82) is 0 Å². The second-order valence-corrected chi connectivity index (χ2v) is 10.8. The summed E-state index contributed by atoms with van der Waals surface area (Å²) in [5, 5.41) is 0.554. The summed E-state index contributed by atoms with van der Waals surface area (Å²) in [7, 11) is -4.17. The molecule has 0 aliphatic heterocycles. The third-order valence-corrected chi connectivity index (χ3v) is 7.92. The number of halogens is 1. The van der Waals surface area contributed by atoms with Crippen LogP contribution in [0.4, 0.5) is 0 Å². The van der Waals surface area contributed by atoms with Gasteiger partial charge in [0.2, 0.25) is 0 Å². The minimum Gasteiger partial charge on any atom is -0.268 e. The maximum absolute atomic E-state index is 13.3. The highest BCUT2D eigenvalue weighted by molar-refractivity contribution is 7.90. The second kappa shape index (κ2) is 9.02. The third kappa shape index (κ3) is 4.33. The molecule has 5 nitrogen and oxygen atoms in total. The van der Waals surface area contributed by atoms with Gasteiger partial charge in [0, 0.05) is 10.9 Å². The van der Waals surface area contributed by atoms with Gasteiger partial charge in [0.15, 0.2) is 0 Å². The van der Waals surface area contributed by atoms with Crippen LogP contribution in [0.5, 0.6) is 0 Å². The Morgan fingerprint density at radius 3 is 2.32 bits per heavy atom. The lowest BCUT2D eigenvalue weighted by Gasteiger charge is -2.13. The molecular formula is C26H17ClN2O3S2. The number of carbonyl (C=O) groups excluding carboxylic acids is 1. The quantitative estimate of drug-likeness (QED) is 0.300. The second-order valence-electron chi connectivity index (χ2n) is 7.47. The third-order valence-electron chi connectivity index (χ3n) is 5.27. The lowest BCUT2D eigenvalue weighted by molar-refractivity contribution is 0.0983. The van der Waals surface area contributed by atoms with Crippen LogP contribution in [0, 0.1) is 0 Å². The molecule has 5 aromatic rings. The lowest BCUT2D eigenvalue weighted by Crippen LogP contribution is -2.31. The highest BCUT2D eigenvalue weighted by atomic mass is 35.5. The van der Waals surface area contributed by atoms with E-state index in [1.807, 2.05) is 42.5 Å². The van der Waals surface area contributed by atoms with E-state index >= 15 is 0 Å². The molecule has 1 amide bonds. The van der Waals surface area contributed by atoms with Gasteiger partial charge in [0.05, 0.1) is 30.9 Å². The van der Waals surface area contributed by atoms with Gasteiger partial charge < -0.3 is 0 Å². The first kappa shape index (κ1) is 22.3. The first-order chi connectivity index (χ1) is 16.4. The van der Waals surface area contributed by atoms with Gasteiger partial charge in [0.25, 0.3) is 15.9 Å². The molecule has 5 rings (SSSR count). The first-order valence-electron chi connectivity index (χ1n) is 10.3. The number of rotatable bonds is 5. The molecule has 0 fully saturated rings. The van der Waals surface area contributed by atoms with Crippen LogP contribution in [-0.4, -0.2) is 19.3 Å². The molecule has 1 N–H and O–H groups in total. The fourth-order valence-electron chi connectivity index (χ4n) is 3.73. The van der Waals surface area contributed by atoms with Gasteiger partial charge in [-0.1, -0.05) is 78.3 Å². The number of benzene rings is 3. The van der Waals surface area contributed by atoms with Crippen LogP contribution in [0.25, 0.3) is 32.6 Å². The summed E-state index contributed by atoms with van der Waals surface area (Å²) in [4.78, 5) is 18.8. The number of carbonyl (C=O) groups is 1. The Hall–Kier alpha value is -3.52. The fourth-order valence-corrected chi connectivity index (χ4v) is 5.93. The van der Waals surface area contributed by atoms with Crippen molar-refractivity contribution in [2.75, 3.05) is 0 Å². The zero-order chi connectivity index (χ0) is 23.7. The van der Waals surface area contributed by atoms with Crippen molar-refractivity contribution in [3.63, 3.8) is 0 Å². The minimum absolute atomic E-state index is 0.0261. The fraction of sp³-hybridized carbons (Fsp3) is 0. The Bertz CT molecular complexity index is 1630. The molecule has 2 aromatic heterocycles. The SMILES string of the molecule is O=C(NS(=O)(=O)c1ccccc1-c1ccccc1)c1cc(-c2ccc(Cl)s2)nc2ccccc12. The maximum atomic E-state index is 13.3. The van der Waals surface area contributed by atoms with E-state index in [1.54, 1.807) is 48.5 Å². The van der Waals surface area contributed by atoms with E-state index in [4.69, 9.17) is 11.6 Å². The van der Waals surface area contributed by atoms with Gasteiger partial charge in [-0.3, -0.25) is 4.79 Å². The minimum atomic E-state index is -4.17. The monoisotopic (exact) mass is 504 g/mol. The van der Waals surface area contributed by atoms with E-state index < -0.39 is 15.9 Å². The number of para-hydroxylation sites is 1.